The molecule has 7 heteroatoms. The molecule has 33 heavy (non-hydrogen) atoms. The van der Waals surface area contributed by atoms with Gasteiger partial charge in [-0.1, -0.05) is 30.3 Å². The van der Waals surface area contributed by atoms with E-state index in [0.29, 0.717) is 12.2 Å². The lowest BCUT2D eigenvalue weighted by molar-refractivity contribution is -0.120. The number of nitrogens with zero attached hydrogens (tertiary/aromatic N) is 2. The number of fused-ring (bicyclic) bond motifs is 1. The molecule has 1 aromatic carbocycles. The second-order valence-electron chi connectivity index (χ2n) is 8.23. The molecule has 0 saturated heterocycles. The van der Waals surface area contributed by atoms with Gasteiger partial charge in [0.25, 0.3) is 0 Å². The number of hydrogen-bond donors (Lipinski definition) is 1. The van der Waals surface area contributed by atoms with Gasteiger partial charge < -0.3 is 9.30 Å². The Bertz CT molecular complexity index is 1190. The molecule has 0 spiro atoms. The van der Waals surface area contributed by atoms with E-state index < -0.39 is 0 Å². The Balaban J connectivity index is 1.59. The zero-order chi connectivity index (χ0) is 23.4. The molecule has 0 bridgehead atoms. The fraction of sp³-hybridized carbons (Fsp3) is 0.346. The van der Waals surface area contributed by atoms with Gasteiger partial charge in [-0.2, -0.15) is 5.10 Å². The van der Waals surface area contributed by atoms with Crippen LogP contribution in [0.4, 0.5) is 0 Å². The number of nitrogens with one attached hydrogen (secondary N) is 1. The van der Waals surface area contributed by atoms with E-state index in [4.69, 9.17) is 4.74 Å². The van der Waals surface area contributed by atoms with Crippen LogP contribution in [0.3, 0.4) is 0 Å². The molecule has 1 amide bonds. The highest BCUT2D eigenvalue weighted by Gasteiger charge is 2.28. The molecule has 6 nitrogen and oxygen atoms in total. The van der Waals surface area contributed by atoms with Crippen LogP contribution in [-0.4, -0.2) is 29.3 Å². The van der Waals surface area contributed by atoms with E-state index in [1.54, 1.807) is 17.6 Å². The summed E-state index contributed by atoms with van der Waals surface area (Å²) >= 11 is 1.69. The number of hydrazone groups is 1. The molecule has 0 saturated carbocycles. The average molecular weight is 464 g/mol. The minimum atomic E-state index is -0.247. The molecule has 0 unspecified atom stereocenters. The number of rotatable bonds is 7. The molecule has 2 heterocycles. The first-order chi connectivity index (χ1) is 16.0. The summed E-state index contributed by atoms with van der Waals surface area (Å²) in [7, 11) is 0. The SMILES string of the molecule is CCOC(=O)c1c(-n2c(C)cc(/C=N/NC(=O)Cc3ccccc3)c2C)sc2c1CCCC2. The van der Waals surface area contributed by atoms with E-state index in [1.807, 2.05) is 57.2 Å². The minimum Gasteiger partial charge on any atom is -0.462 e. The number of benzene rings is 1. The first kappa shape index (κ1) is 23.0. The van der Waals surface area contributed by atoms with Gasteiger partial charge in [0.1, 0.15) is 5.00 Å². The zero-order valence-corrected chi connectivity index (χ0v) is 20.1. The number of amides is 1. The van der Waals surface area contributed by atoms with Gasteiger partial charge in [-0.25, -0.2) is 10.2 Å². The molecule has 0 fully saturated rings. The van der Waals surface area contributed by atoms with E-state index in [0.717, 1.165) is 58.8 Å². The normalized spacial score (nSPS) is 13.2. The van der Waals surface area contributed by atoms with Crippen molar-refractivity contribution in [3.05, 3.63) is 74.9 Å². The summed E-state index contributed by atoms with van der Waals surface area (Å²) in [6.45, 7) is 6.22. The van der Waals surface area contributed by atoms with Crippen molar-refractivity contribution in [1.82, 2.24) is 9.99 Å². The van der Waals surface area contributed by atoms with E-state index in [2.05, 4.69) is 15.1 Å². The van der Waals surface area contributed by atoms with Crippen LogP contribution in [0.2, 0.25) is 0 Å². The number of carbonyl (C=O) groups is 2. The lowest BCUT2D eigenvalue weighted by Crippen LogP contribution is -2.19. The fourth-order valence-electron chi connectivity index (χ4n) is 4.35. The predicted molar refractivity (Wildman–Crippen MR) is 132 cm³/mol. The molecular weight excluding hydrogens is 434 g/mol. The van der Waals surface area contributed by atoms with Gasteiger partial charge >= 0.3 is 5.97 Å². The molecule has 4 rings (SSSR count). The smallest absolute Gasteiger partial charge is 0.341 e. The van der Waals surface area contributed by atoms with Crippen LogP contribution in [0.5, 0.6) is 0 Å². The number of carbonyl (C=O) groups excluding carboxylic acids is 2. The summed E-state index contributed by atoms with van der Waals surface area (Å²) in [6.07, 6.45) is 6.12. The molecule has 172 valence electrons. The Morgan fingerprint density at radius 1 is 1.18 bits per heavy atom. The summed E-state index contributed by atoms with van der Waals surface area (Å²) < 4.78 is 7.54. The van der Waals surface area contributed by atoms with E-state index >= 15 is 0 Å². The van der Waals surface area contributed by atoms with Crippen LogP contribution >= 0.6 is 11.3 Å². The van der Waals surface area contributed by atoms with Crippen LogP contribution in [0.25, 0.3) is 5.00 Å². The van der Waals surface area contributed by atoms with E-state index in [9.17, 15) is 9.59 Å². The van der Waals surface area contributed by atoms with E-state index in [1.165, 1.54) is 4.88 Å². The van der Waals surface area contributed by atoms with Gasteiger partial charge in [0.05, 0.1) is 24.8 Å². The van der Waals surface area contributed by atoms with Crippen molar-refractivity contribution in [2.45, 2.75) is 52.9 Å². The van der Waals surface area contributed by atoms with Crippen LogP contribution in [0.1, 0.15) is 63.1 Å². The first-order valence-corrected chi connectivity index (χ1v) is 12.2. The van der Waals surface area contributed by atoms with Crippen molar-refractivity contribution in [2.75, 3.05) is 6.61 Å². The number of hydrogen-bond acceptors (Lipinski definition) is 5. The Labute approximate surface area is 198 Å². The molecule has 0 atom stereocenters. The van der Waals surface area contributed by atoms with Gasteiger partial charge in [-0.05, 0) is 63.6 Å². The maximum Gasteiger partial charge on any atom is 0.341 e. The zero-order valence-electron chi connectivity index (χ0n) is 19.3. The Morgan fingerprint density at radius 2 is 1.94 bits per heavy atom. The first-order valence-electron chi connectivity index (χ1n) is 11.4. The Morgan fingerprint density at radius 3 is 2.70 bits per heavy atom. The summed E-state index contributed by atoms with van der Waals surface area (Å²) in [6, 6.07) is 11.6. The number of aryl methyl sites for hydroxylation is 2. The fourth-order valence-corrected chi connectivity index (χ4v) is 5.84. The van der Waals surface area contributed by atoms with Crippen LogP contribution in [0.15, 0.2) is 41.5 Å². The van der Waals surface area contributed by atoms with Crippen molar-refractivity contribution in [3.8, 4) is 5.00 Å². The third-order valence-corrected chi connectivity index (χ3v) is 7.18. The third kappa shape index (κ3) is 4.93. The van der Waals surface area contributed by atoms with Crippen LogP contribution < -0.4 is 5.43 Å². The molecular formula is C26H29N3O3S. The summed E-state index contributed by atoms with van der Waals surface area (Å²) in [4.78, 5) is 26.4. The van der Waals surface area contributed by atoms with Crippen LogP contribution in [-0.2, 0) is 28.8 Å². The molecule has 1 N–H and O–H groups in total. The lowest BCUT2D eigenvalue weighted by Gasteiger charge is -2.13. The molecule has 3 aromatic rings. The Hall–Kier alpha value is -3.19. The van der Waals surface area contributed by atoms with Crippen molar-refractivity contribution in [3.63, 3.8) is 0 Å². The highest BCUT2D eigenvalue weighted by Crippen LogP contribution is 2.39. The minimum absolute atomic E-state index is 0.165. The van der Waals surface area contributed by atoms with Crippen molar-refractivity contribution in [1.29, 1.82) is 0 Å². The molecule has 0 radical (unpaired) electrons. The number of ether oxygens (including phenoxy) is 1. The molecule has 1 aliphatic rings. The second-order valence-corrected chi connectivity index (χ2v) is 9.31. The topological polar surface area (TPSA) is 72.7 Å². The van der Waals surface area contributed by atoms with Crippen LogP contribution in [0, 0.1) is 13.8 Å². The number of thiophene rings is 1. The molecule has 2 aromatic heterocycles. The summed E-state index contributed by atoms with van der Waals surface area (Å²) in [5.41, 5.74) is 8.28. The monoisotopic (exact) mass is 463 g/mol. The average Bonchev–Trinajstić information content (AvgIpc) is 3.31. The maximum absolute atomic E-state index is 12.9. The number of aromatic nitrogens is 1. The Kier molecular flexibility index (Phi) is 7.08. The van der Waals surface area contributed by atoms with Gasteiger partial charge in [0, 0.05) is 21.8 Å². The maximum atomic E-state index is 12.9. The number of esters is 1. The van der Waals surface area contributed by atoms with Crippen molar-refractivity contribution < 1.29 is 14.3 Å². The quantitative estimate of drug-likeness (QED) is 0.308. The van der Waals surface area contributed by atoms with E-state index in [-0.39, 0.29) is 18.3 Å². The highest BCUT2D eigenvalue weighted by molar-refractivity contribution is 7.15. The highest BCUT2D eigenvalue weighted by atomic mass is 32.1. The lowest BCUT2D eigenvalue weighted by atomic mass is 9.95. The van der Waals surface area contributed by atoms with Gasteiger partial charge in [0.2, 0.25) is 5.91 Å². The van der Waals surface area contributed by atoms with Gasteiger partial charge in [-0.15, -0.1) is 11.3 Å². The van der Waals surface area contributed by atoms with Crippen molar-refractivity contribution in [2.24, 2.45) is 5.10 Å². The predicted octanol–water partition coefficient (Wildman–Crippen LogP) is 4.90. The standard InChI is InChI=1S/C26H29N3O3S/c1-4-32-26(31)24-21-12-8-9-13-22(21)33-25(24)29-17(2)14-20(18(29)3)16-27-28-23(30)15-19-10-6-5-7-11-19/h5-7,10-11,14,16H,4,8-9,12-13,15H2,1-3H3,(H,28,30)/b27-16+. The van der Waals surface area contributed by atoms with Crippen molar-refractivity contribution >= 4 is 29.4 Å². The summed E-state index contributed by atoms with van der Waals surface area (Å²) in [5, 5.41) is 5.09. The van der Waals surface area contributed by atoms with Gasteiger partial charge in [-0.3, -0.25) is 4.79 Å². The second kappa shape index (κ2) is 10.2. The molecule has 0 aliphatic heterocycles. The summed E-state index contributed by atoms with van der Waals surface area (Å²) in [5.74, 6) is -0.412. The van der Waals surface area contributed by atoms with Gasteiger partial charge in [0.15, 0.2) is 0 Å². The largest absolute Gasteiger partial charge is 0.462 e. The third-order valence-electron chi connectivity index (χ3n) is 5.91. The molecule has 1 aliphatic carbocycles.